The molecule has 0 spiro atoms. The van der Waals surface area contributed by atoms with Crippen molar-refractivity contribution >= 4 is 23.4 Å². The van der Waals surface area contributed by atoms with Crippen molar-refractivity contribution < 1.29 is 29.1 Å². The second-order valence-corrected chi connectivity index (χ2v) is 5.42. The number of ether oxygens (including phenoxy) is 2. The van der Waals surface area contributed by atoms with E-state index in [1.807, 2.05) is 0 Å². The number of Topliss-reactive ketones (excluding diaryl/α,β-unsaturated/α-hetero) is 2. The molecular weight excluding hydrogens is 318 g/mol. The molecule has 0 fully saturated rings. The summed E-state index contributed by atoms with van der Waals surface area (Å²) in [6, 6.07) is 0. The number of nitrogens with two attached hydrogens (primary N) is 1. The van der Waals surface area contributed by atoms with Gasteiger partial charge in [-0.15, -0.1) is 0 Å². The standard InChI is InChI=1S/C15H15N3O6/c1-6-12(19)11-9(13(20)14(6)23-2)7(5-24-15(16)21)10-8(17-22)3-4-18(10)11/h22H,3-5H2,1-2H3,(H2,16,21)/b17-8+. The van der Waals surface area contributed by atoms with Crippen LogP contribution in [0.15, 0.2) is 16.5 Å². The van der Waals surface area contributed by atoms with Crippen LogP contribution in [0.3, 0.4) is 0 Å². The Kier molecular flexibility index (Phi) is 3.63. The van der Waals surface area contributed by atoms with E-state index >= 15 is 0 Å². The molecule has 0 bridgehead atoms. The van der Waals surface area contributed by atoms with Gasteiger partial charge in [0, 0.05) is 24.1 Å². The van der Waals surface area contributed by atoms with Crippen LogP contribution in [0.25, 0.3) is 0 Å². The van der Waals surface area contributed by atoms with Gasteiger partial charge >= 0.3 is 6.09 Å². The molecule has 2 aliphatic rings. The van der Waals surface area contributed by atoms with Gasteiger partial charge in [-0.05, 0) is 6.92 Å². The van der Waals surface area contributed by atoms with Crippen LogP contribution >= 0.6 is 0 Å². The van der Waals surface area contributed by atoms with Gasteiger partial charge in [-0.2, -0.15) is 0 Å². The number of oxime groups is 1. The van der Waals surface area contributed by atoms with Gasteiger partial charge in [-0.25, -0.2) is 4.79 Å². The molecule has 9 nitrogen and oxygen atoms in total. The SMILES string of the molecule is COC1=C(C)C(=O)c2c(c(COC(N)=O)c3n2CC/C3=N\O)C1=O. The molecule has 0 saturated heterocycles. The van der Waals surface area contributed by atoms with Crippen LogP contribution in [-0.4, -0.2) is 40.3 Å². The summed E-state index contributed by atoms with van der Waals surface area (Å²) in [4.78, 5) is 36.4. The van der Waals surface area contributed by atoms with Crippen molar-refractivity contribution in [3.8, 4) is 0 Å². The Hall–Kier alpha value is -3.10. The van der Waals surface area contributed by atoms with Crippen molar-refractivity contribution in [2.24, 2.45) is 10.9 Å². The summed E-state index contributed by atoms with van der Waals surface area (Å²) >= 11 is 0. The molecule has 0 atom stereocenters. The maximum Gasteiger partial charge on any atom is 0.404 e. The molecule has 1 amide bonds. The fourth-order valence-electron chi connectivity index (χ4n) is 3.23. The molecule has 9 heteroatoms. The van der Waals surface area contributed by atoms with Gasteiger partial charge in [0.1, 0.15) is 18.0 Å². The van der Waals surface area contributed by atoms with Crippen LogP contribution in [0, 0.1) is 0 Å². The van der Waals surface area contributed by atoms with Gasteiger partial charge in [-0.1, -0.05) is 5.16 Å². The lowest BCUT2D eigenvalue weighted by Crippen LogP contribution is -2.24. The summed E-state index contributed by atoms with van der Waals surface area (Å²) in [7, 11) is 1.30. The molecule has 1 aromatic heterocycles. The van der Waals surface area contributed by atoms with Gasteiger partial charge in [0.2, 0.25) is 11.6 Å². The highest BCUT2D eigenvalue weighted by Gasteiger charge is 2.41. The first kappa shape index (κ1) is 15.8. The molecule has 0 aromatic carbocycles. The number of amides is 1. The second-order valence-electron chi connectivity index (χ2n) is 5.42. The second kappa shape index (κ2) is 5.52. The topological polar surface area (TPSA) is 133 Å². The van der Waals surface area contributed by atoms with E-state index < -0.39 is 11.9 Å². The Morgan fingerprint density at radius 1 is 1.33 bits per heavy atom. The molecule has 2 heterocycles. The number of carbonyl (C=O) groups excluding carboxylic acids is 3. The van der Waals surface area contributed by atoms with Crippen LogP contribution in [0.5, 0.6) is 0 Å². The third-order valence-corrected chi connectivity index (χ3v) is 4.22. The molecule has 0 unspecified atom stereocenters. The molecule has 126 valence electrons. The van der Waals surface area contributed by atoms with E-state index in [2.05, 4.69) is 5.16 Å². The average molecular weight is 333 g/mol. The fourth-order valence-corrected chi connectivity index (χ4v) is 3.23. The number of primary amides is 1. The zero-order chi connectivity index (χ0) is 17.6. The van der Waals surface area contributed by atoms with Crippen LogP contribution in [0.2, 0.25) is 0 Å². The van der Waals surface area contributed by atoms with Gasteiger partial charge in [0.25, 0.3) is 0 Å². The maximum absolute atomic E-state index is 12.7. The monoisotopic (exact) mass is 333 g/mol. The largest absolute Gasteiger partial charge is 0.492 e. The lowest BCUT2D eigenvalue weighted by atomic mass is 9.91. The number of hydrogen-bond donors (Lipinski definition) is 2. The van der Waals surface area contributed by atoms with Crippen molar-refractivity contribution in [1.29, 1.82) is 0 Å². The highest BCUT2D eigenvalue weighted by molar-refractivity contribution is 6.27. The first-order valence-electron chi connectivity index (χ1n) is 7.15. The van der Waals surface area contributed by atoms with E-state index in [-0.39, 0.29) is 40.5 Å². The lowest BCUT2D eigenvalue weighted by molar-refractivity contribution is 0.0899. The number of aromatic nitrogens is 1. The molecule has 24 heavy (non-hydrogen) atoms. The summed E-state index contributed by atoms with van der Waals surface area (Å²) < 4.78 is 11.5. The van der Waals surface area contributed by atoms with Crippen LogP contribution in [0.1, 0.15) is 45.4 Å². The average Bonchev–Trinajstić information content (AvgIpc) is 3.09. The first-order chi connectivity index (χ1) is 11.4. The van der Waals surface area contributed by atoms with E-state index in [4.69, 9.17) is 15.2 Å². The Bertz CT molecular complexity index is 846. The summed E-state index contributed by atoms with van der Waals surface area (Å²) in [5.41, 5.74) is 6.48. The van der Waals surface area contributed by atoms with Crippen molar-refractivity contribution in [2.75, 3.05) is 7.11 Å². The van der Waals surface area contributed by atoms with Crippen molar-refractivity contribution in [2.45, 2.75) is 26.5 Å². The number of ketones is 2. The molecule has 3 N–H and O–H groups in total. The highest BCUT2D eigenvalue weighted by Crippen LogP contribution is 2.37. The minimum absolute atomic E-state index is 0.0559. The predicted molar refractivity (Wildman–Crippen MR) is 80.1 cm³/mol. The molecule has 0 saturated carbocycles. The number of fused-ring (bicyclic) bond motifs is 3. The Labute approximate surface area is 136 Å². The van der Waals surface area contributed by atoms with Crippen LogP contribution in [0.4, 0.5) is 4.79 Å². The van der Waals surface area contributed by atoms with Gasteiger partial charge in [-0.3, -0.25) is 9.59 Å². The predicted octanol–water partition coefficient (Wildman–Crippen LogP) is 0.965. The normalized spacial score (nSPS) is 18.0. The molecule has 1 aliphatic carbocycles. The van der Waals surface area contributed by atoms with E-state index in [9.17, 15) is 19.6 Å². The minimum Gasteiger partial charge on any atom is -0.492 e. The van der Waals surface area contributed by atoms with Gasteiger partial charge in [0.15, 0.2) is 5.76 Å². The lowest BCUT2D eigenvalue weighted by Gasteiger charge is -2.17. The maximum atomic E-state index is 12.7. The summed E-state index contributed by atoms with van der Waals surface area (Å²) in [5, 5.41) is 12.4. The molecule has 1 aliphatic heterocycles. The number of rotatable bonds is 3. The summed E-state index contributed by atoms with van der Waals surface area (Å²) in [6.45, 7) is 1.58. The summed E-state index contributed by atoms with van der Waals surface area (Å²) in [5.74, 6) is -0.890. The zero-order valence-electron chi connectivity index (χ0n) is 13.1. The number of allylic oxidation sites excluding steroid dienone is 2. The fraction of sp³-hybridized carbons (Fsp3) is 0.333. The van der Waals surface area contributed by atoms with E-state index in [0.717, 1.165) is 0 Å². The molecule has 0 radical (unpaired) electrons. The number of nitrogens with zero attached hydrogens (tertiary/aromatic N) is 2. The first-order valence-corrected chi connectivity index (χ1v) is 7.15. The molecular formula is C15H15N3O6. The Balaban J connectivity index is 2.27. The van der Waals surface area contributed by atoms with Crippen molar-refractivity contribution in [3.05, 3.63) is 33.8 Å². The van der Waals surface area contributed by atoms with Crippen molar-refractivity contribution in [3.63, 3.8) is 0 Å². The zero-order valence-corrected chi connectivity index (χ0v) is 13.1. The minimum atomic E-state index is -1.02. The highest BCUT2D eigenvalue weighted by atomic mass is 16.5. The van der Waals surface area contributed by atoms with Gasteiger partial charge in [0.05, 0.1) is 18.4 Å². The van der Waals surface area contributed by atoms with Crippen molar-refractivity contribution in [1.82, 2.24) is 4.57 Å². The van der Waals surface area contributed by atoms with Crippen LogP contribution in [-0.2, 0) is 22.6 Å². The third-order valence-electron chi connectivity index (χ3n) is 4.22. The van der Waals surface area contributed by atoms with E-state index in [1.54, 1.807) is 4.57 Å². The Morgan fingerprint density at radius 3 is 2.62 bits per heavy atom. The number of methoxy groups -OCH3 is 1. The van der Waals surface area contributed by atoms with Crippen LogP contribution < -0.4 is 5.73 Å². The van der Waals surface area contributed by atoms with E-state index in [0.29, 0.717) is 24.4 Å². The molecule has 1 aromatic rings. The number of carbonyl (C=O) groups is 3. The Morgan fingerprint density at radius 2 is 2.04 bits per heavy atom. The smallest absolute Gasteiger partial charge is 0.404 e. The van der Waals surface area contributed by atoms with E-state index in [1.165, 1.54) is 14.0 Å². The summed E-state index contributed by atoms with van der Waals surface area (Å²) in [6.07, 6.45) is -0.623. The molecule has 3 rings (SSSR count). The number of hydrogen-bond acceptors (Lipinski definition) is 7. The third kappa shape index (κ3) is 2.01. The quantitative estimate of drug-likeness (QED) is 0.625. The van der Waals surface area contributed by atoms with Gasteiger partial charge < -0.3 is 25.0 Å².